The molecule has 2 aromatic carbocycles. The summed E-state index contributed by atoms with van der Waals surface area (Å²) in [7, 11) is 0. The molecule has 0 heterocycles. The zero-order chi connectivity index (χ0) is 15.9. The lowest BCUT2D eigenvalue weighted by atomic mass is 10.1. The van der Waals surface area contributed by atoms with Gasteiger partial charge in [0.15, 0.2) is 0 Å². The molecule has 0 bridgehead atoms. The highest BCUT2D eigenvalue weighted by Gasteiger charge is 2.06. The molecule has 0 spiro atoms. The predicted molar refractivity (Wildman–Crippen MR) is 89.2 cm³/mol. The summed E-state index contributed by atoms with van der Waals surface area (Å²) in [5.41, 5.74) is 3.11. The molecule has 0 aliphatic rings. The summed E-state index contributed by atoms with van der Waals surface area (Å²) in [5.74, 6) is -0.154. The molecule has 0 radical (unpaired) electrons. The number of benzene rings is 2. The summed E-state index contributed by atoms with van der Waals surface area (Å²) in [6.45, 7) is 3.48. The fraction of sp³-hybridized carbons (Fsp3) is 0.176. The highest BCUT2D eigenvalue weighted by atomic mass is 16.2. The zero-order valence-corrected chi connectivity index (χ0v) is 12.6. The molecule has 5 heteroatoms. The fourth-order valence-electron chi connectivity index (χ4n) is 2.11. The molecule has 22 heavy (non-hydrogen) atoms. The average Bonchev–Trinajstić information content (AvgIpc) is 2.47. The number of rotatable bonds is 4. The Balaban J connectivity index is 2.04. The van der Waals surface area contributed by atoms with Crippen LogP contribution in [0.5, 0.6) is 0 Å². The maximum absolute atomic E-state index is 12.1. The number of carbonyl (C=O) groups is 2. The highest BCUT2D eigenvalue weighted by molar-refractivity contribution is 6.00. The van der Waals surface area contributed by atoms with Crippen LogP contribution >= 0.6 is 0 Å². The molecule has 3 N–H and O–H groups in total. The van der Waals surface area contributed by atoms with E-state index in [1.165, 1.54) is 6.92 Å². The molecule has 0 fully saturated rings. The quantitative estimate of drug-likeness (QED) is 0.802. The van der Waals surface area contributed by atoms with Crippen LogP contribution in [0.15, 0.2) is 48.5 Å². The summed E-state index contributed by atoms with van der Waals surface area (Å²) in [6, 6.07) is 14.3. The molecule has 114 valence electrons. The van der Waals surface area contributed by atoms with Crippen LogP contribution in [0.25, 0.3) is 0 Å². The molecule has 5 nitrogen and oxygen atoms in total. The van der Waals surface area contributed by atoms with Crippen molar-refractivity contribution in [3.63, 3.8) is 0 Å². The largest absolute Gasteiger partial charge is 0.326 e. The molecular formula is C17H19N3O2. The normalized spacial score (nSPS) is 9.91. The van der Waals surface area contributed by atoms with Crippen molar-refractivity contribution in [2.75, 3.05) is 16.0 Å². The molecule has 0 aliphatic carbocycles. The van der Waals surface area contributed by atoms with E-state index in [0.717, 1.165) is 17.7 Å². The summed E-state index contributed by atoms with van der Waals surface area (Å²) in [5, 5.41) is 8.26. The van der Waals surface area contributed by atoms with Crippen molar-refractivity contribution in [3.05, 3.63) is 54.1 Å². The van der Waals surface area contributed by atoms with E-state index in [0.29, 0.717) is 11.4 Å². The Morgan fingerprint density at radius 1 is 0.909 bits per heavy atom. The monoisotopic (exact) mass is 297 g/mol. The Kier molecular flexibility index (Phi) is 5.14. The molecule has 2 aromatic rings. The number of para-hydroxylation sites is 1. The van der Waals surface area contributed by atoms with Crippen molar-refractivity contribution < 1.29 is 9.59 Å². The lowest BCUT2D eigenvalue weighted by Crippen LogP contribution is -2.20. The molecular weight excluding hydrogens is 278 g/mol. The van der Waals surface area contributed by atoms with Crippen molar-refractivity contribution in [1.29, 1.82) is 0 Å². The van der Waals surface area contributed by atoms with Gasteiger partial charge in [-0.2, -0.15) is 0 Å². The van der Waals surface area contributed by atoms with Gasteiger partial charge in [-0.15, -0.1) is 0 Å². The van der Waals surface area contributed by atoms with E-state index in [4.69, 9.17) is 0 Å². The molecule has 0 atom stereocenters. The minimum atomic E-state index is -0.319. The Labute approximate surface area is 129 Å². The third-order valence-electron chi connectivity index (χ3n) is 3.09. The fourth-order valence-corrected chi connectivity index (χ4v) is 2.11. The predicted octanol–water partition coefficient (Wildman–Crippen LogP) is 3.85. The summed E-state index contributed by atoms with van der Waals surface area (Å²) in [6.07, 6.45) is 0.842. The van der Waals surface area contributed by atoms with Crippen LogP contribution in [0.2, 0.25) is 0 Å². The molecule has 0 unspecified atom stereocenters. The van der Waals surface area contributed by atoms with Crippen LogP contribution in [0.4, 0.5) is 21.9 Å². The van der Waals surface area contributed by atoms with E-state index in [1.807, 2.05) is 31.2 Å². The SMILES string of the molecule is CCc1ccccc1NC(=O)Nc1cccc(NC(C)=O)c1. The summed E-state index contributed by atoms with van der Waals surface area (Å²) < 4.78 is 0. The summed E-state index contributed by atoms with van der Waals surface area (Å²) in [4.78, 5) is 23.1. The lowest BCUT2D eigenvalue weighted by Gasteiger charge is -2.11. The molecule has 0 saturated carbocycles. The van der Waals surface area contributed by atoms with Crippen LogP contribution in [0.1, 0.15) is 19.4 Å². The van der Waals surface area contributed by atoms with Gasteiger partial charge in [-0.1, -0.05) is 31.2 Å². The second kappa shape index (κ2) is 7.26. The van der Waals surface area contributed by atoms with Crippen LogP contribution in [-0.2, 0) is 11.2 Å². The first-order chi connectivity index (χ1) is 10.6. The van der Waals surface area contributed by atoms with E-state index in [1.54, 1.807) is 24.3 Å². The van der Waals surface area contributed by atoms with Gasteiger partial charge in [-0.05, 0) is 36.2 Å². The van der Waals surface area contributed by atoms with Gasteiger partial charge >= 0.3 is 6.03 Å². The molecule has 2 rings (SSSR count). The maximum atomic E-state index is 12.1. The molecule has 0 aliphatic heterocycles. The van der Waals surface area contributed by atoms with Crippen LogP contribution < -0.4 is 16.0 Å². The second-order valence-electron chi connectivity index (χ2n) is 4.85. The number of hydrogen-bond acceptors (Lipinski definition) is 2. The van der Waals surface area contributed by atoms with Crippen molar-refractivity contribution in [2.24, 2.45) is 0 Å². The number of hydrogen-bond donors (Lipinski definition) is 3. The van der Waals surface area contributed by atoms with Gasteiger partial charge in [0.2, 0.25) is 5.91 Å². The number of amides is 3. The lowest BCUT2D eigenvalue weighted by molar-refractivity contribution is -0.114. The first-order valence-corrected chi connectivity index (χ1v) is 7.12. The van der Waals surface area contributed by atoms with E-state index in [-0.39, 0.29) is 11.9 Å². The average molecular weight is 297 g/mol. The number of aryl methyl sites for hydroxylation is 1. The van der Waals surface area contributed by atoms with Crippen LogP contribution in [0, 0.1) is 0 Å². The number of nitrogens with one attached hydrogen (secondary N) is 3. The van der Waals surface area contributed by atoms with E-state index in [2.05, 4.69) is 16.0 Å². The highest BCUT2D eigenvalue weighted by Crippen LogP contribution is 2.18. The van der Waals surface area contributed by atoms with E-state index >= 15 is 0 Å². The standard InChI is InChI=1S/C17H19N3O2/c1-3-13-7-4-5-10-16(13)20-17(22)19-15-9-6-8-14(11-15)18-12(2)21/h4-11H,3H2,1-2H3,(H,18,21)(H2,19,20,22). The van der Waals surface area contributed by atoms with Crippen LogP contribution in [-0.4, -0.2) is 11.9 Å². The van der Waals surface area contributed by atoms with Gasteiger partial charge in [-0.3, -0.25) is 4.79 Å². The van der Waals surface area contributed by atoms with Crippen molar-refractivity contribution in [1.82, 2.24) is 0 Å². The molecule has 0 saturated heterocycles. The van der Waals surface area contributed by atoms with Gasteiger partial charge in [0.05, 0.1) is 0 Å². The second-order valence-corrected chi connectivity index (χ2v) is 4.85. The Morgan fingerprint density at radius 2 is 1.59 bits per heavy atom. The minimum Gasteiger partial charge on any atom is -0.326 e. The number of anilines is 3. The minimum absolute atomic E-state index is 0.154. The third kappa shape index (κ3) is 4.34. The molecule has 3 amide bonds. The van der Waals surface area contributed by atoms with Gasteiger partial charge in [-0.25, -0.2) is 4.79 Å². The third-order valence-corrected chi connectivity index (χ3v) is 3.09. The van der Waals surface area contributed by atoms with Gasteiger partial charge < -0.3 is 16.0 Å². The van der Waals surface area contributed by atoms with Gasteiger partial charge in [0, 0.05) is 24.0 Å². The Bertz CT molecular complexity index is 683. The Morgan fingerprint density at radius 3 is 2.27 bits per heavy atom. The van der Waals surface area contributed by atoms with Gasteiger partial charge in [0.25, 0.3) is 0 Å². The van der Waals surface area contributed by atoms with Gasteiger partial charge in [0.1, 0.15) is 0 Å². The van der Waals surface area contributed by atoms with E-state index < -0.39 is 0 Å². The van der Waals surface area contributed by atoms with E-state index in [9.17, 15) is 9.59 Å². The molecule has 0 aromatic heterocycles. The topological polar surface area (TPSA) is 70.2 Å². The zero-order valence-electron chi connectivity index (χ0n) is 12.6. The van der Waals surface area contributed by atoms with Crippen molar-refractivity contribution in [2.45, 2.75) is 20.3 Å². The van der Waals surface area contributed by atoms with Crippen molar-refractivity contribution >= 4 is 29.0 Å². The van der Waals surface area contributed by atoms with Crippen LogP contribution in [0.3, 0.4) is 0 Å². The number of carbonyl (C=O) groups excluding carboxylic acids is 2. The first kappa shape index (κ1) is 15.6. The summed E-state index contributed by atoms with van der Waals surface area (Å²) >= 11 is 0. The first-order valence-electron chi connectivity index (χ1n) is 7.12. The maximum Gasteiger partial charge on any atom is 0.323 e. The van der Waals surface area contributed by atoms with Crippen molar-refractivity contribution in [3.8, 4) is 0 Å². The smallest absolute Gasteiger partial charge is 0.323 e. The number of urea groups is 1. The Hall–Kier alpha value is -2.82.